The molecule has 0 radical (unpaired) electrons. The van der Waals surface area contributed by atoms with Gasteiger partial charge >= 0.3 is 0 Å². The zero-order chi connectivity index (χ0) is 20.5. The lowest BCUT2D eigenvalue weighted by Gasteiger charge is -2.10. The van der Waals surface area contributed by atoms with Crippen LogP contribution in [0.1, 0.15) is 12.5 Å². The van der Waals surface area contributed by atoms with Gasteiger partial charge in [0, 0.05) is 5.69 Å². The molecule has 0 aliphatic heterocycles. The predicted molar refractivity (Wildman–Crippen MR) is 109 cm³/mol. The Kier molecular flexibility index (Phi) is 6.69. The summed E-state index contributed by atoms with van der Waals surface area (Å²) in [6.45, 7) is 2.42. The Morgan fingerprint density at radius 1 is 0.828 bits per heavy atom. The minimum absolute atomic E-state index is 0.129. The molecule has 0 saturated heterocycles. The third kappa shape index (κ3) is 6.01. The molecule has 1 N–H and O–H groups in total. The van der Waals surface area contributed by atoms with E-state index in [1.54, 1.807) is 48.5 Å². The third-order valence-corrected chi connectivity index (χ3v) is 3.86. The Hall–Kier alpha value is -3.98. The quantitative estimate of drug-likeness (QED) is 0.601. The van der Waals surface area contributed by atoms with Crippen LogP contribution in [0.4, 0.5) is 5.69 Å². The number of rotatable bonds is 8. The Bertz CT molecular complexity index is 975. The van der Waals surface area contributed by atoms with Gasteiger partial charge in [-0.1, -0.05) is 0 Å². The summed E-state index contributed by atoms with van der Waals surface area (Å²) in [7, 11) is 0. The fourth-order valence-corrected chi connectivity index (χ4v) is 2.48. The molecule has 29 heavy (non-hydrogen) atoms. The number of anilines is 1. The van der Waals surface area contributed by atoms with Crippen molar-refractivity contribution in [3.05, 3.63) is 78.4 Å². The Morgan fingerprint density at radius 2 is 1.34 bits per heavy atom. The molecule has 0 heterocycles. The highest BCUT2D eigenvalue weighted by molar-refractivity contribution is 5.91. The van der Waals surface area contributed by atoms with Gasteiger partial charge in [-0.2, -0.15) is 5.26 Å². The molecule has 0 saturated carbocycles. The summed E-state index contributed by atoms with van der Waals surface area (Å²) in [5, 5.41) is 11.5. The topological polar surface area (TPSA) is 80.6 Å². The van der Waals surface area contributed by atoms with Crippen molar-refractivity contribution in [3.8, 4) is 29.1 Å². The number of carbonyl (C=O) groups is 1. The van der Waals surface area contributed by atoms with Crippen molar-refractivity contribution in [1.82, 2.24) is 0 Å². The molecule has 6 heteroatoms. The molecule has 0 bridgehead atoms. The van der Waals surface area contributed by atoms with Crippen LogP contribution in [0.3, 0.4) is 0 Å². The van der Waals surface area contributed by atoms with E-state index in [0.29, 0.717) is 35.1 Å². The van der Waals surface area contributed by atoms with E-state index >= 15 is 0 Å². The number of hydrogen-bond donors (Lipinski definition) is 1. The second kappa shape index (κ2) is 9.81. The van der Waals surface area contributed by atoms with Crippen LogP contribution in [0.15, 0.2) is 72.8 Å². The van der Waals surface area contributed by atoms with Gasteiger partial charge in [0.15, 0.2) is 6.61 Å². The molecule has 0 spiro atoms. The first-order chi connectivity index (χ1) is 14.2. The number of amides is 1. The summed E-state index contributed by atoms with van der Waals surface area (Å²) in [5.41, 5.74) is 1.17. The normalized spacial score (nSPS) is 9.93. The third-order valence-electron chi connectivity index (χ3n) is 3.86. The summed E-state index contributed by atoms with van der Waals surface area (Å²) in [4.78, 5) is 12.0. The molecular weight excluding hydrogens is 368 g/mol. The van der Waals surface area contributed by atoms with E-state index in [2.05, 4.69) is 5.32 Å². The molecule has 146 valence electrons. The molecule has 0 atom stereocenters. The highest BCUT2D eigenvalue weighted by Crippen LogP contribution is 2.25. The summed E-state index contributed by atoms with van der Waals surface area (Å²) in [6.07, 6.45) is 0. The van der Waals surface area contributed by atoms with Crippen LogP contribution in [-0.2, 0) is 4.79 Å². The molecule has 0 fully saturated rings. The van der Waals surface area contributed by atoms with E-state index in [1.165, 1.54) is 0 Å². The van der Waals surface area contributed by atoms with Crippen LogP contribution in [0.25, 0.3) is 0 Å². The maximum absolute atomic E-state index is 12.0. The number of nitrogens with one attached hydrogen (secondary N) is 1. The van der Waals surface area contributed by atoms with Gasteiger partial charge in [-0.25, -0.2) is 0 Å². The first kappa shape index (κ1) is 19.8. The molecule has 0 unspecified atom stereocenters. The number of carbonyl (C=O) groups excluding carboxylic acids is 1. The Morgan fingerprint density at radius 3 is 1.93 bits per heavy atom. The van der Waals surface area contributed by atoms with Gasteiger partial charge in [0.25, 0.3) is 5.91 Å². The van der Waals surface area contributed by atoms with Crippen LogP contribution in [0.5, 0.6) is 23.0 Å². The van der Waals surface area contributed by atoms with Gasteiger partial charge < -0.3 is 19.5 Å². The van der Waals surface area contributed by atoms with Crippen molar-refractivity contribution in [1.29, 1.82) is 5.26 Å². The molecule has 0 aliphatic rings. The Labute approximate surface area is 169 Å². The van der Waals surface area contributed by atoms with E-state index in [-0.39, 0.29) is 12.5 Å². The van der Waals surface area contributed by atoms with Crippen LogP contribution < -0.4 is 19.5 Å². The molecule has 6 nitrogen and oxygen atoms in total. The average molecular weight is 388 g/mol. The molecule has 0 aromatic heterocycles. The van der Waals surface area contributed by atoms with Crippen molar-refractivity contribution >= 4 is 11.6 Å². The fraction of sp³-hybridized carbons (Fsp3) is 0.130. The zero-order valence-corrected chi connectivity index (χ0v) is 15.9. The minimum Gasteiger partial charge on any atom is -0.494 e. The summed E-state index contributed by atoms with van der Waals surface area (Å²) in [5.74, 6) is 2.39. The molecule has 3 aromatic rings. The largest absolute Gasteiger partial charge is 0.494 e. The van der Waals surface area contributed by atoms with Gasteiger partial charge in [-0.15, -0.1) is 0 Å². The monoisotopic (exact) mass is 388 g/mol. The highest BCUT2D eigenvalue weighted by atomic mass is 16.5. The van der Waals surface area contributed by atoms with Crippen LogP contribution in [0, 0.1) is 11.3 Å². The van der Waals surface area contributed by atoms with Crippen molar-refractivity contribution in [2.45, 2.75) is 6.92 Å². The van der Waals surface area contributed by atoms with Crippen molar-refractivity contribution in [2.75, 3.05) is 18.5 Å². The van der Waals surface area contributed by atoms with Gasteiger partial charge in [-0.3, -0.25) is 4.79 Å². The zero-order valence-electron chi connectivity index (χ0n) is 15.9. The first-order valence-electron chi connectivity index (χ1n) is 9.10. The fourth-order valence-electron chi connectivity index (χ4n) is 2.48. The first-order valence-corrected chi connectivity index (χ1v) is 9.10. The Balaban J connectivity index is 1.49. The van der Waals surface area contributed by atoms with Crippen molar-refractivity contribution < 1.29 is 19.0 Å². The lowest BCUT2D eigenvalue weighted by Crippen LogP contribution is -2.20. The summed E-state index contributed by atoms with van der Waals surface area (Å²) < 4.78 is 16.6. The second-order valence-corrected chi connectivity index (χ2v) is 6.00. The SMILES string of the molecule is CCOc1ccc(Oc2ccc(NC(=O)COc3ccc(C#N)cc3)cc2)cc1. The van der Waals surface area contributed by atoms with E-state index in [4.69, 9.17) is 19.5 Å². The summed E-state index contributed by atoms with van der Waals surface area (Å²) >= 11 is 0. The molecule has 3 rings (SSSR count). The van der Waals surface area contributed by atoms with E-state index in [1.807, 2.05) is 37.3 Å². The molecular formula is C23H20N2O4. The number of hydrogen-bond acceptors (Lipinski definition) is 5. The molecule has 3 aromatic carbocycles. The van der Waals surface area contributed by atoms with E-state index in [0.717, 1.165) is 5.75 Å². The number of ether oxygens (including phenoxy) is 3. The number of nitriles is 1. The average Bonchev–Trinajstić information content (AvgIpc) is 2.75. The molecule has 1 amide bonds. The predicted octanol–water partition coefficient (Wildman–Crippen LogP) is 4.77. The van der Waals surface area contributed by atoms with E-state index < -0.39 is 0 Å². The van der Waals surface area contributed by atoms with Gasteiger partial charge in [0.1, 0.15) is 23.0 Å². The van der Waals surface area contributed by atoms with Gasteiger partial charge in [0.05, 0.1) is 18.2 Å². The van der Waals surface area contributed by atoms with Crippen molar-refractivity contribution in [3.63, 3.8) is 0 Å². The van der Waals surface area contributed by atoms with Crippen LogP contribution in [-0.4, -0.2) is 19.1 Å². The van der Waals surface area contributed by atoms with Crippen LogP contribution >= 0.6 is 0 Å². The number of nitrogens with zero attached hydrogens (tertiary/aromatic N) is 1. The van der Waals surface area contributed by atoms with Crippen LogP contribution in [0.2, 0.25) is 0 Å². The van der Waals surface area contributed by atoms with Gasteiger partial charge in [-0.05, 0) is 79.7 Å². The van der Waals surface area contributed by atoms with E-state index in [9.17, 15) is 4.79 Å². The molecule has 0 aliphatic carbocycles. The standard InChI is InChI=1S/C23H20N2O4/c1-2-27-19-11-13-22(14-12-19)29-21-9-5-18(6-10-21)25-23(26)16-28-20-7-3-17(15-24)4-8-20/h3-14H,2,16H2,1H3,(H,25,26). The number of benzene rings is 3. The smallest absolute Gasteiger partial charge is 0.262 e. The maximum atomic E-state index is 12.0. The minimum atomic E-state index is -0.283. The summed E-state index contributed by atoms with van der Waals surface area (Å²) in [6, 6.07) is 23.0. The lowest BCUT2D eigenvalue weighted by atomic mass is 10.2. The lowest BCUT2D eigenvalue weighted by molar-refractivity contribution is -0.118. The van der Waals surface area contributed by atoms with Gasteiger partial charge in [0.2, 0.25) is 0 Å². The second-order valence-electron chi connectivity index (χ2n) is 6.00. The van der Waals surface area contributed by atoms with Crippen molar-refractivity contribution in [2.24, 2.45) is 0 Å². The highest BCUT2D eigenvalue weighted by Gasteiger charge is 2.05. The maximum Gasteiger partial charge on any atom is 0.262 e.